The van der Waals surface area contributed by atoms with Crippen molar-refractivity contribution in [3.8, 4) is 17.4 Å². The van der Waals surface area contributed by atoms with Crippen molar-refractivity contribution in [2.24, 2.45) is 0 Å². The van der Waals surface area contributed by atoms with Crippen LogP contribution in [0, 0.1) is 6.92 Å². The van der Waals surface area contributed by atoms with E-state index in [1.165, 1.54) is 0 Å². The summed E-state index contributed by atoms with van der Waals surface area (Å²) in [6, 6.07) is 4.17. The molecule has 106 valence electrons. The predicted molar refractivity (Wildman–Crippen MR) is 77.7 cm³/mol. The third kappa shape index (κ3) is 3.63. The van der Waals surface area contributed by atoms with Crippen molar-refractivity contribution in [2.45, 2.75) is 27.2 Å². The Morgan fingerprint density at radius 2 is 2.05 bits per heavy atom. The van der Waals surface area contributed by atoms with Crippen molar-refractivity contribution in [2.75, 3.05) is 18.5 Å². The van der Waals surface area contributed by atoms with Gasteiger partial charge in [-0.1, -0.05) is 6.92 Å². The van der Waals surface area contributed by atoms with Gasteiger partial charge in [0.15, 0.2) is 5.82 Å². The summed E-state index contributed by atoms with van der Waals surface area (Å²) in [4.78, 5) is 17.2. The molecule has 0 aliphatic heterocycles. The Hall–Kier alpha value is -2.24. The lowest BCUT2D eigenvalue weighted by atomic mass is 10.2. The lowest BCUT2D eigenvalue weighted by molar-refractivity contribution is 0.292. The van der Waals surface area contributed by atoms with Crippen LogP contribution >= 0.6 is 0 Å². The van der Waals surface area contributed by atoms with Gasteiger partial charge in [0, 0.05) is 24.0 Å². The van der Waals surface area contributed by atoms with Gasteiger partial charge < -0.3 is 10.1 Å². The first kappa shape index (κ1) is 14.2. The molecule has 0 aliphatic rings. The van der Waals surface area contributed by atoms with Gasteiger partial charge in [0.05, 0.1) is 6.61 Å². The van der Waals surface area contributed by atoms with Crippen LogP contribution in [0.1, 0.15) is 26.0 Å². The van der Waals surface area contributed by atoms with Gasteiger partial charge in [-0.25, -0.2) is 0 Å². The van der Waals surface area contributed by atoms with Crippen molar-refractivity contribution in [1.29, 1.82) is 0 Å². The number of rotatable bonds is 6. The highest BCUT2D eigenvalue weighted by Gasteiger charge is 2.09. The first-order chi connectivity index (χ1) is 9.72. The van der Waals surface area contributed by atoms with Crippen LogP contribution in [0.4, 0.5) is 5.95 Å². The Labute approximate surface area is 118 Å². The second kappa shape index (κ2) is 6.79. The highest BCUT2D eigenvalue weighted by atomic mass is 16.5. The molecule has 0 fully saturated rings. The van der Waals surface area contributed by atoms with Gasteiger partial charge in [-0.2, -0.15) is 15.0 Å². The molecule has 20 heavy (non-hydrogen) atoms. The zero-order valence-electron chi connectivity index (χ0n) is 12.1. The van der Waals surface area contributed by atoms with Crippen molar-refractivity contribution >= 4 is 5.95 Å². The number of nitrogens with zero attached hydrogens (tertiary/aromatic N) is 4. The van der Waals surface area contributed by atoms with E-state index in [-0.39, 0.29) is 0 Å². The van der Waals surface area contributed by atoms with Crippen LogP contribution in [0.25, 0.3) is 11.4 Å². The summed E-state index contributed by atoms with van der Waals surface area (Å²) in [5, 5.41) is 3.09. The molecule has 0 bridgehead atoms. The van der Waals surface area contributed by atoms with Crippen molar-refractivity contribution in [3.05, 3.63) is 24.0 Å². The molecule has 0 unspecified atom stereocenters. The molecule has 1 N–H and O–H groups in total. The Balaban J connectivity index is 2.37. The molecule has 0 atom stereocenters. The molecule has 0 aliphatic carbocycles. The van der Waals surface area contributed by atoms with E-state index in [2.05, 4.69) is 25.3 Å². The smallest absolute Gasteiger partial charge is 0.321 e. The van der Waals surface area contributed by atoms with Crippen molar-refractivity contribution in [3.63, 3.8) is 0 Å². The van der Waals surface area contributed by atoms with E-state index in [1.807, 2.05) is 32.9 Å². The highest BCUT2D eigenvalue weighted by Crippen LogP contribution is 2.19. The molecule has 0 amide bonds. The van der Waals surface area contributed by atoms with Crippen molar-refractivity contribution in [1.82, 2.24) is 19.9 Å². The molecule has 0 aromatic carbocycles. The quantitative estimate of drug-likeness (QED) is 0.871. The van der Waals surface area contributed by atoms with Crippen LogP contribution in [-0.4, -0.2) is 33.1 Å². The van der Waals surface area contributed by atoms with Gasteiger partial charge in [0.1, 0.15) is 0 Å². The number of nitrogens with one attached hydrogen (secondary N) is 1. The topological polar surface area (TPSA) is 72.8 Å². The Morgan fingerprint density at radius 1 is 1.20 bits per heavy atom. The third-order valence-electron chi connectivity index (χ3n) is 2.54. The van der Waals surface area contributed by atoms with Crippen molar-refractivity contribution < 1.29 is 4.74 Å². The zero-order chi connectivity index (χ0) is 14.4. The molecule has 0 radical (unpaired) electrons. The number of pyridine rings is 1. The Kier molecular flexibility index (Phi) is 4.81. The SMILES string of the molecule is CCCOc1nc(NCC)nc(-c2ccnc(C)c2)n1. The first-order valence-corrected chi connectivity index (χ1v) is 6.78. The summed E-state index contributed by atoms with van der Waals surface area (Å²) < 4.78 is 5.52. The largest absolute Gasteiger partial charge is 0.463 e. The minimum Gasteiger partial charge on any atom is -0.463 e. The molecule has 6 heteroatoms. The summed E-state index contributed by atoms with van der Waals surface area (Å²) in [5.74, 6) is 1.12. The van der Waals surface area contributed by atoms with E-state index >= 15 is 0 Å². The zero-order valence-corrected chi connectivity index (χ0v) is 12.1. The van der Waals surface area contributed by atoms with Gasteiger partial charge >= 0.3 is 6.01 Å². The number of aryl methyl sites for hydroxylation is 1. The standard InChI is InChI=1S/C14H19N5O/c1-4-8-20-14-18-12(17-13(19-14)15-5-2)11-6-7-16-10(3)9-11/h6-7,9H,4-5,8H2,1-3H3,(H,15,17,18,19). The monoisotopic (exact) mass is 273 g/mol. The minimum atomic E-state index is 0.349. The summed E-state index contributed by atoms with van der Waals surface area (Å²) in [7, 11) is 0. The van der Waals surface area contributed by atoms with Gasteiger partial charge in [-0.05, 0) is 32.4 Å². The van der Waals surface area contributed by atoms with E-state index < -0.39 is 0 Å². The van der Waals surface area contributed by atoms with Crippen LogP contribution < -0.4 is 10.1 Å². The van der Waals surface area contributed by atoms with Crippen LogP contribution in [0.5, 0.6) is 6.01 Å². The number of aromatic nitrogens is 4. The third-order valence-corrected chi connectivity index (χ3v) is 2.54. The highest BCUT2D eigenvalue weighted by molar-refractivity contribution is 5.56. The maximum Gasteiger partial charge on any atom is 0.321 e. The molecular weight excluding hydrogens is 254 g/mol. The minimum absolute atomic E-state index is 0.349. The number of anilines is 1. The van der Waals surface area contributed by atoms with Gasteiger partial charge in [-0.3, -0.25) is 4.98 Å². The van der Waals surface area contributed by atoms with Gasteiger partial charge in [0.2, 0.25) is 5.95 Å². The number of hydrogen-bond acceptors (Lipinski definition) is 6. The average molecular weight is 273 g/mol. The van der Waals surface area contributed by atoms with Crippen LogP contribution in [0.3, 0.4) is 0 Å². The van der Waals surface area contributed by atoms with Crippen LogP contribution in [0.15, 0.2) is 18.3 Å². The van der Waals surface area contributed by atoms with E-state index in [1.54, 1.807) is 6.20 Å². The van der Waals surface area contributed by atoms with Crippen LogP contribution in [0.2, 0.25) is 0 Å². The predicted octanol–water partition coefficient (Wildman–Crippen LogP) is 2.46. The molecule has 0 spiro atoms. The number of ether oxygens (including phenoxy) is 1. The summed E-state index contributed by atoms with van der Waals surface area (Å²) in [6.45, 7) is 7.30. The lowest BCUT2D eigenvalue weighted by Gasteiger charge is -2.08. The fourth-order valence-corrected chi connectivity index (χ4v) is 1.67. The maximum absolute atomic E-state index is 5.52. The van der Waals surface area contributed by atoms with Crippen LogP contribution in [-0.2, 0) is 0 Å². The lowest BCUT2D eigenvalue weighted by Crippen LogP contribution is -2.08. The first-order valence-electron chi connectivity index (χ1n) is 6.78. The summed E-state index contributed by atoms with van der Waals surface area (Å²) in [6.07, 6.45) is 2.65. The second-order valence-corrected chi connectivity index (χ2v) is 4.33. The Morgan fingerprint density at radius 3 is 2.75 bits per heavy atom. The van der Waals surface area contributed by atoms with E-state index in [9.17, 15) is 0 Å². The molecule has 6 nitrogen and oxygen atoms in total. The Bertz CT molecular complexity index is 573. The molecule has 2 aromatic heterocycles. The van der Waals surface area contributed by atoms with E-state index in [4.69, 9.17) is 4.74 Å². The fourth-order valence-electron chi connectivity index (χ4n) is 1.67. The fraction of sp³-hybridized carbons (Fsp3) is 0.429. The summed E-state index contributed by atoms with van der Waals surface area (Å²) in [5.41, 5.74) is 1.82. The second-order valence-electron chi connectivity index (χ2n) is 4.33. The molecule has 2 heterocycles. The van der Waals surface area contributed by atoms with E-state index in [0.717, 1.165) is 24.2 Å². The van der Waals surface area contributed by atoms with Gasteiger partial charge in [-0.15, -0.1) is 0 Å². The molecular formula is C14H19N5O. The number of hydrogen-bond donors (Lipinski definition) is 1. The van der Waals surface area contributed by atoms with E-state index in [0.29, 0.717) is 24.4 Å². The average Bonchev–Trinajstić information content (AvgIpc) is 2.45. The molecule has 0 saturated heterocycles. The molecule has 2 aromatic rings. The molecule has 0 saturated carbocycles. The maximum atomic E-state index is 5.52. The van der Waals surface area contributed by atoms with Gasteiger partial charge in [0.25, 0.3) is 0 Å². The molecule has 2 rings (SSSR count). The normalized spacial score (nSPS) is 10.3. The summed E-state index contributed by atoms with van der Waals surface area (Å²) >= 11 is 0.